The van der Waals surface area contributed by atoms with Gasteiger partial charge in [-0.05, 0) is 55.2 Å². The van der Waals surface area contributed by atoms with Gasteiger partial charge in [-0.15, -0.1) is 0 Å². The molecule has 5 rings (SSSR count). The fourth-order valence-electron chi connectivity index (χ4n) is 5.14. The topological polar surface area (TPSA) is 74.2 Å². The number of rotatable bonds is 5. The highest BCUT2D eigenvalue weighted by atomic mass is 35.5. The van der Waals surface area contributed by atoms with E-state index >= 15 is 0 Å². The highest BCUT2D eigenvalue weighted by Gasteiger charge is 2.45. The van der Waals surface area contributed by atoms with Crippen molar-refractivity contribution in [1.82, 2.24) is 19.9 Å². The first-order chi connectivity index (χ1) is 16.5. The van der Waals surface area contributed by atoms with Crippen LogP contribution in [0.2, 0.25) is 5.02 Å². The molecule has 1 N–H and O–H groups in total. The summed E-state index contributed by atoms with van der Waals surface area (Å²) in [6, 6.07) is 13.7. The van der Waals surface area contributed by atoms with Gasteiger partial charge in [-0.2, -0.15) is 0 Å². The maximum Gasteiger partial charge on any atom is 0.233 e. The van der Waals surface area contributed by atoms with Gasteiger partial charge in [0.05, 0.1) is 5.41 Å². The molecule has 1 aromatic carbocycles. The zero-order valence-corrected chi connectivity index (χ0v) is 20.1. The van der Waals surface area contributed by atoms with Crippen molar-refractivity contribution in [1.29, 1.82) is 0 Å². The number of amides is 1. The molecule has 8 heteroatoms. The van der Waals surface area contributed by atoms with Crippen molar-refractivity contribution < 1.29 is 4.79 Å². The monoisotopic (exact) mass is 476 g/mol. The molecule has 3 aromatic rings. The SMILES string of the molecule is Cc1ccnc(Nc2cc(N3CCN(C(=O)C4(c5ccc(Cl)cc5)CCCC4)CC3)ncn2)c1. The molecular weight excluding hydrogens is 448 g/mol. The summed E-state index contributed by atoms with van der Waals surface area (Å²) in [4.78, 5) is 31.2. The molecule has 2 fully saturated rings. The summed E-state index contributed by atoms with van der Waals surface area (Å²) < 4.78 is 0. The lowest BCUT2D eigenvalue weighted by molar-refractivity contribution is -0.137. The number of carbonyl (C=O) groups is 1. The standard InChI is InChI=1S/C26H29ClN6O/c1-19-8-11-28-22(16-19)31-23-17-24(30-18-29-23)32-12-14-33(15-13-32)25(34)26(9-2-3-10-26)20-4-6-21(27)7-5-20/h4-8,11,16-18H,2-3,9-10,12-15H2,1H3,(H,28,29,30,31). The van der Waals surface area contributed by atoms with Crippen LogP contribution >= 0.6 is 11.6 Å². The Hall–Kier alpha value is -3.19. The van der Waals surface area contributed by atoms with E-state index < -0.39 is 5.41 Å². The van der Waals surface area contributed by atoms with Crippen LogP contribution in [-0.4, -0.2) is 51.9 Å². The summed E-state index contributed by atoms with van der Waals surface area (Å²) in [5, 5.41) is 3.96. The maximum atomic E-state index is 13.8. The molecule has 34 heavy (non-hydrogen) atoms. The Morgan fingerprint density at radius 1 is 0.941 bits per heavy atom. The highest BCUT2D eigenvalue weighted by molar-refractivity contribution is 6.30. The fourth-order valence-corrected chi connectivity index (χ4v) is 5.26. The van der Waals surface area contributed by atoms with Crippen molar-refractivity contribution in [3.8, 4) is 0 Å². The Morgan fingerprint density at radius 3 is 2.35 bits per heavy atom. The number of hydrogen-bond acceptors (Lipinski definition) is 6. The maximum absolute atomic E-state index is 13.8. The second kappa shape index (κ2) is 9.58. The molecule has 0 unspecified atom stereocenters. The molecule has 0 spiro atoms. The number of aryl methyl sites for hydroxylation is 1. The van der Waals surface area contributed by atoms with Gasteiger partial charge in [-0.3, -0.25) is 4.79 Å². The Labute approximate surface area is 205 Å². The molecule has 0 bridgehead atoms. The number of anilines is 3. The predicted molar refractivity (Wildman–Crippen MR) is 135 cm³/mol. The van der Waals surface area contributed by atoms with Crippen molar-refractivity contribution in [2.75, 3.05) is 36.4 Å². The minimum absolute atomic E-state index is 0.252. The number of nitrogens with zero attached hydrogens (tertiary/aromatic N) is 5. The fraction of sp³-hybridized carbons (Fsp3) is 0.385. The smallest absolute Gasteiger partial charge is 0.233 e. The molecular formula is C26H29ClN6O. The van der Waals surface area contributed by atoms with Crippen LogP contribution in [0.15, 0.2) is 55.0 Å². The van der Waals surface area contributed by atoms with Crippen molar-refractivity contribution in [3.05, 3.63) is 71.1 Å². The molecule has 0 atom stereocenters. The van der Waals surface area contributed by atoms with Gasteiger partial charge in [0.25, 0.3) is 0 Å². The van der Waals surface area contributed by atoms with Crippen LogP contribution in [0, 0.1) is 6.92 Å². The molecule has 0 radical (unpaired) electrons. The highest BCUT2D eigenvalue weighted by Crippen LogP contribution is 2.43. The summed E-state index contributed by atoms with van der Waals surface area (Å²) in [6.07, 6.45) is 7.32. The average molecular weight is 477 g/mol. The van der Waals surface area contributed by atoms with Gasteiger partial charge in [-0.1, -0.05) is 36.6 Å². The Kier molecular flexibility index (Phi) is 6.37. The first-order valence-electron chi connectivity index (χ1n) is 11.9. The van der Waals surface area contributed by atoms with Crippen LogP contribution in [0.5, 0.6) is 0 Å². The van der Waals surface area contributed by atoms with E-state index in [1.165, 1.54) is 0 Å². The van der Waals surface area contributed by atoms with E-state index in [1.54, 1.807) is 12.5 Å². The summed E-state index contributed by atoms with van der Waals surface area (Å²) >= 11 is 6.11. The minimum atomic E-state index is -0.417. The number of nitrogens with one attached hydrogen (secondary N) is 1. The lowest BCUT2D eigenvalue weighted by atomic mass is 9.77. The van der Waals surface area contributed by atoms with Gasteiger partial charge in [0.2, 0.25) is 5.91 Å². The van der Waals surface area contributed by atoms with Crippen molar-refractivity contribution >= 4 is 35.0 Å². The third-order valence-electron chi connectivity index (χ3n) is 6.98. The van der Waals surface area contributed by atoms with E-state index in [9.17, 15) is 4.79 Å². The Morgan fingerprint density at radius 2 is 1.65 bits per heavy atom. The van der Waals surface area contributed by atoms with Crippen LogP contribution in [0.4, 0.5) is 17.5 Å². The van der Waals surface area contributed by atoms with Gasteiger partial charge in [0.1, 0.15) is 23.8 Å². The van der Waals surface area contributed by atoms with Gasteiger partial charge < -0.3 is 15.1 Å². The molecule has 176 valence electrons. The van der Waals surface area contributed by atoms with Crippen molar-refractivity contribution in [2.24, 2.45) is 0 Å². The number of halogens is 1. The second-order valence-corrected chi connectivity index (χ2v) is 9.62. The molecule has 2 aromatic heterocycles. The molecule has 7 nitrogen and oxygen atoms in total. The van der Waals surface area contributed by atoms with Crippen LogP contribution in [0.25, 0.3) is 0 Å². The zero-order chi connectivity index (χ0) is 23.5. The lowest BCUT2D eigenvalue weighted by Crippen LogP contribution is -2.54. The summed E-state index contributed by atoms with van der Waals surface area (Å²) in [5.74, 6) is 2.56. The molecule has 1 saturated heterocycles. The van der Waals surface area contributed by atoms with Gasteiger partial charge >= 0.3 is 0 Å². The predicted octanol–water partition coefficient (Wildman–Crippen LogP) is 4.74. The number of benzene rings is 1. The zero-order valence-electron chi connectivity index (χ0n) is 19.4. The van der Waals surface area contributed by atoms with Crippen LogP contribution < -0.4 is 10.2 Å². The largest absolute Gasteiger partial charge is 0.353 e. The molecule has 3 heterocycles. The van der Waals surface area contributed by atoms with E-state index in [0.717, 1.165) is 61.5 Å². The normalized spacial score (nSPS) is 17.6. The van der Waals surface area contributed by atoms with E-state index in [1.807, 2.05) is 54.3 Å². The first-order valence-corrected chi connectivity index (χ1v) is 12.2. The second-order valence-electron chi connectivity index (χ2n) is 9.18. The number of pyridine rings is 1. The summed E-state index contributed by atoms with van der Waals surface area (Å²) in [6.45, 7) is 4.87. The van der Waals surface area contributed by atoms with Crippen molar-refractivity contribution in [3.63, 3.8) is 0 Å². The third kappa shape index (κ3) is 4.57. The van der Waals surface area contributed by atoms with E-state index in [2.05, 4.69) is 25.2 Å². The number of piperazine rings is 1. The average Bonchev–Trinajstić information content (AvgIpc) is 3.36. The number of carbonyl (C=O) groups excluding carboxylic acids is 1. The van der Waals surface area contributed by atoms with E-state index in [-0.39, 0.29) is 5.91 Å². The third-order valence-corrected chi connectivity index (χ3v) is 7.23. The van der Waals surface area contributed by atoms with Crippen LogP contribution in [0.3, 0.4) is 0 Å². The molecule has 1 saturated carbocycles. The first kappa shape index (κ1) is 22.6. The number of hydrogen-bond donors (Lipinski definition) is 1. The van der Waals surface area contributed by atoms with Gasteiger partial charge in [-0.25, -0.2) is 15.0 Å². The Balaban J connectivity index is 1.26. The molecule has 1 amide bonds. The van der Waals surface area contributed by atoms with E-state index in [0.29, 0.717) is 23.9 Å². The van der Waals surface area contributed by atoms with Crippen LogP contribution in [0.1, 0.15) is 36.8 Å². The van der Waals surface area contributed by atoms with Gasteiger partial charge in [0, 0.05) is 43.5 Å². The van der Waals surface area contributed by atoms with Gasteiger partial charge in [0.15, 0.2) is 0 Å². The van der Waals surface area contributed by atoms with E-state index in [4.69, 9.17) is 11.6 Å². The molecule has 1 aliphatic carbocycles. The van der Waals surface area contributed by atoms with Crippen LogP contribution in [-0.2, 0) is 10.2 Å². The Bertz CT molecular complexity index is 1150. The molecule has 2 aliphatic rings. The van der Waals surface area contributed by atoms with Crippen molar-refractivity contribution in [2.45, 2.75) is 38.0 Å². The minimum Gasteiger partial charge on any atom is -0.353 e. The molecule has 1 aliphatic heterocycles. The quantitative estimate of drug-likeness (QED) is 0.573. The number of aromatic nitrogens is 3. The summed E-state index contributed by atoms with van der Waals surface area (Å²) in [5.41, 5.74) is 1.81. The summed E-state index contributed by atoms with van der Waals surface area (Å²) in [7, 11) is 0. The lowest BCUT2D eigenvalue weighted by Gasteiger charge is -2.40.